The van der Waals surface area contributed by atoms with Crippen LogP contribution in [0.1, 0.15) is 18.4 Å². The van der Waals surface area contributed by atoms with E-state index in [1.165, 1.54) is 24.9 Å². The number of hydrogen-bond donors (Lipinski definition) is 2. The maximum Gasteiger partial charge on any atom is 0.115 e. The Morgan fingerprint density at radius 2 is 2.07 bits per heavy atom. The van der Waals surface area contributed by atoms with Gasteiger partial charge < -0.3 is 10.4 Å². The summed E-state index contributed by atoms with van der Waals surface area (Å²) >= 11 is 0. The third-order valence-electron chi connectivity index (χ3n) is 2.86. The first-order valence-corrected chi connectivity index (χ1v) is 5.33. The van der Waals surface area contributed by atoms with Crippen molar-refractivity contribution in [1.29, 1.82) is 0 Å². The fraction of sp³-hybridized carbons (Fsp3) is 0.500. The highest BCUT2D eigenvalue weighted by Crippen LogP contribution is 2.18. The molecule has 1 aromatic carbocycles. The standard InChI is InChI=1S/C12H17NO/c14-12-5-3-10(4-6-12)8-11-2-1-7-13-9-11/h3-6,11,13-14H,1-2,7-9H2/t11-/m1/s1. The second-order valence-corrected chi connectivity index (χ2v) is 4.08. The lowest BCUT2D eigenvalue weighted by molar-refractivity contribution is 0.376. The van der Waals surface area contributed by atoms with Crippen LogP contribution in [0, 0.1) is 5.92 Å². The zero-order chi connectivity index (χ0) is 9.80. The van der Waals surface area contributed by atoms with E-state index in [0.717, 1.165) is 18.9 Å². The van der Waals surface area contributed by atoms with Crippen molar-refractivity contribution in [2.75, 3.05) is 13.1 Å². The van der Waals surface area contributed by atoms with Crippen molar-refractivity contribution in [3.63, 3.8) is 0 Å². The largest absolute Gasteiger partial charge is 0.508 e. The lowest BCUT2D eigenvalue weighted by Crippen LogP contribution is -2.30. The van der Waals surface area contributed by atoms with Gasteiger partial charge in [-0.2, -0.15) is 0 Å². The molecule has 2 nitrogen and oxygen atoms in total. The van der Waals surface area contributed by atoms with Crippen LogP contribution < -0.4 is 5.32 Å². The molecule has 0 aliphatic carbocycles. The van der Waals surface area contributed by atoms with E-state index < -0.39 is 0 Å². The normalized spacial score (nSPS) is 22.1. The maximum absolute atomic E-state index is 9.15. The smallest absolute Gasteiger partial charge is 0.115 e. The van der Waals surface area contributed by atoms with Gasteiger partial charge in [0.15, 0.2) is 0 Å². The zero-order valence-corrected chi connectivity index (χ0v) is 8.37. The summed E-state index contributed by atoms with van der Waals surface area (Å²) < 4.78 is 0. The van der Waals surface area contributed by atoms with Gasteiger partial charge in [0.25, 0.3) is 0 Å². The molecule has 0 unspecified atom stereocenters. The first-order chi connectivity index (χ1) is 6.84. The molecule has 1 heterocycles. The van der Waals surface area contributed by atoms with Crippen LogP contribution in [0.3, 0.4) is 0 Å². The van der Waals surface area contributed by atoms with Gasteiger partial charge in [0.1, 0.15) is 5.75 Å². The van der Waals surface area contributed by atoms with E-state index in [1.807, 2.05) is 12.1 Å². The maximum atomic E-state index is 9.15. The number of phenols is 1. The molecular weight excluding hydrogens is 174 g/mol. The van der Waals surface area contributed by atoms with Crippen molar-refractivity contribution >= 4 is 0 Å². The Kier molecular flexibility index (Phi) is 3.04. The highest BCUT2D eigenvalue weighted by molar-refractivity contribution is 5.26. The molecule has 1 aromatic rings. The van der Waals surface area contributed by atoms with Gasteiger partial charge >= 0.3 is 0 Å². The fourth-order valence-corrected chi connectivity index (χ4v) is 2.06. The predicted octanol–water partition coefficient (Wildman–Crippen LogP) is 1.93. The van der Waals surface area contributed by atoms with Crippen LogP contribution in [-0.4, -0.2) is 18.2 Å². The minimum atomic E-state index is 0.357. The molecule has 14 heavy (non-hydrogen) atoms. The molecule has 1 saturated heterocycles. The Hall–Kier alpha value is -1.02. The Balaban J connectivity index is 1.92. The van der Waals surface area contributed by atoms with Crippen LogP contribution in [0.4, 0.5) is 0 Å². The van der Waals surface area contributed by atoms with Crippen molar-refractivity contribution < 1.29 is 5.11 Å². The topological polar surface area (TPSA) is 32.3 Å². The van der Waals surface area contributed by atoms with E-state index >= 15 is 0 Å². The SMILES string of the molecule is Oc1ccc(C[C@H]2CCCNC2)cc1. The number of aromatic hydroxyl groups is 1. The molecule has 0 bridgehead atoms. The van der Waals surface area contributed by atoms with E-state index in [1.54, 1.807) is 12.1 Å². The number of rotatable bonds is 2. The van der Waals surface area contributed by atoms with Crippen LogP contribution in [0.2, 0.25) is 0 Å². The van der Waals surface area contributed by atoms with Crippen molar-refractivity contribution in [3.05, 3.63) is 29.8 Å². The van der Waals surface area contributed by atoms with Gasteiger partial charge in [-0.15, -0.1) is 0 Å². The molecule has 0 aromatic heterocycles. The monoisotopic (exact) mass is 191 g/mol. The number of piperidine rings is 1. The minimum Gasteiger partial charge on any atom is -0.508 e. The summed E-state index contributed by atoms with van der Waals surface area (Å²) in [5.41, 5.74) is 1.33. The van der Waals surface area contributed by atoms with Gasteiger partial charge in [0.05, 0.1) is 0 Å². The molecule has 2 heteroatoms. The molecule has 1 fully saturated rings. The van der Waals surface area contributed by atoms with Gasteiger partial charge in [-0.3, -0.25) is 0 Å². The molecule has 1 aliphatic heterocycles. The predicted molar refractivity (Wildman–Crippen MR) is 57.4 cm³/mol. The summed E-state index contributed by atoms with van der Waals surface area (Å²) in [4.78, 5) is 0. The molecule has 0 saturated carbocycles. The summed E-state index contributed by atoms with van der Waals surface area (Å²) in [6, 6.07) is 7.57. The van der Waals surface area contributed by atoms with Gasteiger partial charge in [-0.25, -0.2) is 0 Å². The molecule has 0 amide bonds. The quantitative estimate of drug-likeness (QED) is 0.748. The Bertz CT molecular complexity index is 275. The van der Waals surface area contributed by atoms with E-state index in [2.05, 4.69) is 5.32 Å². The molecule has 76 valence electrons. The van der Waals surface area contributed by atoms with E-state index in [-0.39, 0.29) is 0 Å². The zero-order valence-electron chi connectivity index (χ0n) is 8.37. The summed E-state index contributed by atoms with van der Waals surface area (Å²) in [6.07, 6.45) is 3.75. The summed E-state index contributed by atoms with van der Waals surface area (Å²) in [5, 5.41) is 12.6. The summed E-state index contributed by atoms with van der Waals surface area (Å²) in [6.45, 7) is 2.31. The fourth-order valence-electron chi connectivity index (χ4n) is 2.06. The number of benzene rings is 1. The second kappa shape index (κ2) is 4.47. The number of hydrogen-bond acceptors (Lipinski definition) is 2. The molecule has 0 radical (unpaired) electrons. The van der Waals surface area contributed by atoms with Crippen molar-refractivity contribution in [2.24, 2.45) is 5.92 Å². The highest BCUT2D eigenvalue weighted by atomic mass is 16.3. The summed E-state index contributed by atoms with van der Waals surface area (Å²) in [5.74, 6) is 1.13. The van der Waals surface area contributed by atoms with Crippen molar-refractivity contribution in [2.45, 2.75) is 19.3 Å². The molecule has 2 rings (SSSR count). The average Bonchev–Trinajstić information content (AvgIpc) is 2.23. The highest BCUT2D eigenvalue weighted by Gasteiger charge is 2.12. The van der Waals surface area contributed by atoms with Crippen LogP contribution in [0.5, 0.6) is 5.75 Å². The van der Waals surface area contributed by atoms with Crippen molar-refractivity contribution in [3.8, 4) is 5.75 Å². The van der Waals surface area contributed by atoms with Crippen LogP contribution in [0.15, 0.2) is 24.3 Å². The first kappa shape index (κ1) is 9.53. The number of nitrogens with one attached hydrogen (secondary N) is 1. The lowest BCUT2D eigenvalue weighted by atomic mass is 9.92. The Morgan fingerprint density at radius 3 is 2.71 bits per heavy atom. The first-order valence-electron chi connectivity index (χ1n) is 5.33. The van der Waals surface area contributed by atoms with E-state index in [9.17, 15) is 0 Å². The lowest BCUT2D eigenvalue weighted by Gasteiger charge is -2.22. The van der Waals surface area contributed by atoms with Crippen molar-refractivity contribution in [1.82, 2.24) is 5.32 Å². The van der Waals surface area contributed by atoms with E-state index in [0.29, 0.717) is 5.75 Å². The van der Waals surface area contributed by atoms with Crippen LogP contribution in [-0.2, 0) is 6.42 Å². The average molecular weight is 191 g/mol. The van der Waals surface area contributed by atoms with Gasteiger partial charge in [-0.1, -0.05) is 12.1 Å². The minimum absolute atomic E-state index is 0.357. The molecule has 1 atom stereocenters. The Labute approximate surface area is 85.0 Å². The van der Waals surface area contributed by atoms with Crippen LogP contribution in [0.25, 0.3) is 0 Å². The number of phenolic OH excluding ortho intramolecular Hbond substituents is 1. The molecule has 0 spiro atoms. The third kappa shape index (κ3) is 2.48. The van der Waals surface area contributed by atoms with Crippen LogP contribution >= 0.6 is 0 Å². The van der Waals surface area contributed by atoms with E-state index in [4.69, 9.17) is 5.11 Å². The Morgan fingerprint density at radius 1 is 1.29 bits per heavy atom. The molecule has 2 N–H and O–H groups in total. The second-order valence-electron chi connectivity index (χ2n) is 4.08. The van der Waals surface area contributed by atoms with Gasteiger partial charge in [0.2, 0.25) is 0 Å². The third-order valence-corrected chi connectivity index (χ3v) is 2.86. The summed E-state index contributed by atoms with van der Waals surface area (Å²) in [7, 11) is 0. The van der Waals surface area contributed by atoms with Gasteiger partial charge in [-0.05, 0) is 56.0 Å². The molecular formula is C12H17NO. The van der Waals surface area contributed by atoms with Gasteiger partial charge in [0, 0.05) is 0 Å². The molecule has 1 aliphatic rings.